The van der Waals surface area contributed by atoms with Crippen molar-refractivity contribution in [2.75, 3.05) is 48.3 Å². The molecule has 9 nitrogen and oxygen atoms in total. The molecule has 2 N–H and O–H groups in total. The Morgan fingerprint density at radius 3 is 1.80 bits per heavy atom. The maximum absolute atomic E-state index is 13.9. The van der Waals surface area contributed by atoms with E-state index in [0.717, 1.165) is 23.7 Å². The van der Waals surface area contributed by atoms with Crippen molar-refractivity contribution in [3.63, 3.8) is 0 Å². The zero-order valence-corrected chi connectivity index (χ0v) is 39.1. The average molecular weight is 864 g/mol. The topological polar surface area (TPSA) is 114 Å². The fourth-order valence-electron chi connectivity index (χ4n) is 6.50. The number of fused-ring (bicyclic) bond motifs is 1. The molecule has 0 saturated carbocycles. The van der Waals surface area contributed by atoms with Crippen LogP contribution < -0.4 is 5.73 Å². The van der Waals surface area contributed by atoms with E-state index in [0.29, 0.717) is 42.5 Å². The van der Waals surface area contributed by atoms with E-state index in [1.54, 1.807) is 17.1 Å². The molecule has 2 unspecified atom stereocenters. The summed E-state index contributed by atoms with van der Waals surface area (Å²) in [6.45, 7) is 7.63. The summed E-state index contributed by atoms with van der Waals surface area (Å²) >= 11 is 5.79. The maximum Gasteiger partial charge on any atom is 0.356 e. The third-order valence-corrected chi connectivity index (χ3v) is 16.3. The first-order valence-corrected chi connectivity index (χ1v) is 28.6. The van der Waals surface area contributed by atoms with E-state index in [9.17, 15) is 4.57 Å². The molecule has 55 heavy (non-hydrogen) atoms. The predicted octanol–water partition coefficient (Wildman–Crippen LogP) is 12.9. The summed E-state index contributed by atoms with van der Waals surface area (Å²) < 4.78 is 33.8. The Labute approximate surface area is 351 Å². The molecule has 0 saturated heterocycles. The number of hydrogen-bond acceptors (Lipinski definition) is 11. The van der Waals surface area contributed by atoms with Crippen molar-refractivity contribution < 1.29 is 18.3 Å². The number of unbranched alkanes of at least 4 members (excludes halogenated alkanes) is 22. The van der Waals surface area contributed by atoms with Crippen LogP contribution in [0.25, 0.3) is 11.2 Å². The Morgan fingerprint density at radius 2 is 1.22 bits per heavy atom. The van der Waals surface area contributed by atoms with Gasteiger partial charge in [-0.3, -0.25) is 4.57 Å². The van der Waals surface area contributed by atoms with Gasteiger partial charge < -0.3 is 24.1 Å². The van der Waals surface area contributed by atoms with Crippen molar-refractivity contribution in [3.05, 3.63) is 12.7 Å². The number of hydrogen-bond donors (Lipinski definition) is 1. The molecule has 2 rings (SSSR count). The van der Waals surface area contributed by atoms with Gasteiger partial charge in [-0.05, 0) is 25.5 Å². The highest BCUT2D eigenvalue weighted by Gasteiger charge is 2.27. The smallest absolute Gasteiger partial charge is 0.356 e. The molecule has 0 aliphatic rings. The van der Waals surface area contributed by atoms with E-state index in [1.165, 1.54) is 154 Å². The molecule has 0 spiro atoms. The maximum atomic E-state index is 13.9. The van der Waals surface area contributed by atoms with Gasteiger partial charge in [0, 0.05) is 17.3 Å². The van der Waals surface area contributed by atoms with Crippen LogP contribution in [0.5, 0.6) is 0 Å². The second-order valence-corrected chi connectivity index (χ2v) is 22.8. The summed E-state index contributed by atoms with van der Waals surface area (Å²) in [6.07, 6.45) is 35.2. The number of imidazole rings is 1. The fraction of sp³-hybridized carbons (Fsp3) is 0.878. The molecule has 0 aliphatic carbocycles. The molecule has 2 aromatic rings. The van der Waals surface area contributed by atoms with Gasteiger partial charge in [-0.2, -0.15) is 0 Å². The molecule has 0 radical (unpaired) electrons. The number of ether oxygens (including phenoxy) is 1. The minimum Gasteiger partial charge on any atom is -0.382 e. The lowest BCUT2D eigenvalue weighted by Crippen LogP contribution is -2.19. The second-order valence-electron chi connectivity index (χ2n) is 15.0. The Hall–Kier alpha value is -0.270. The lowest BCUT2D eigenvalue weighted by atomic mass is 10.1. The molecule has 0 fully saturated rings. The van der Waals surface area contributed by atoms with Gasteiger partial charge in [-0.25, -0.2) is 15.0 Å². The second kappa shape index (κ2) is 34.6. The molecule has 0 aromatic carbocycles. The standard InChI is InChI=1S/C41H78N5O4PS4/c1-4-6-8-10-12-14-16-18-20-22-24-26-30-53-54-31-28-49-51(47,37-48-38(3)34-46-36-45-39-40(42)43-35-44-41(39)46)50-29-33-55(52)32-27-25-23-21-19-17-15-13-11-9-7-5-2/h35-36,38H,4-34,37H2,1-3H3,(H2,42,43,44)/t38-,51?,55?/m1/s1. The largest absolute Gasteiger partial charge is 0.382 e. The molecule has 0 amide bonds. The van der Waals surface area contributed by atoms with Crippen LogP contribution in [0.3, 0.4) is 0 Å². The Morgan fingerprint density at radius 1 is 0.709 bits per heavy atom. The molecule has 2 aromatic heterocycles. The Bertz CT molecular complexity index is 1280. The van der Waals surface area contributed by atoms with E-state index >= 15 is 0 Å². The lowest BCUT2D eigenvalue weighted by Gasteiger charge is -2.21. The van der Waals surface area contributed by atoms with Gasteiger partial charge in [0.1, 0.15) is 18.2 Å². The fourth-order valence-corrected chi connectivity index (χ4v) is 11.7. The highest BCUT2D eigenvalue weighted by Crippen LogP contribution is 2.48. The number of rotatable bonds is 40. The van der Waals surface area contributed by atoms with Crippen LogP contribution >= 0.6 is 29.2 Å². The van der Waals surface area contributed by atoms with E-state index in [2.05, 4.69) is 28.8 Å². The lowest BCUT2D eigenvalue weighted by molar-refractivity contribution is 0.0675. The quantitative estimate of drug-likeness (QED) is 0.0392. The van der Waals surface area contributed by atoms with Gasteiger partial charge in [-0.1, -0.05) is 188 Å². The summed E-state index contributed by atoms with van der Waals surface area (Å²) in [6, 6.07) is 0. The van der Waals surface area contributed by atoms with Crippen molar-refractivity contribution >= 4 is 66.8 Å². The zero-order valence-electron chi connectivity index (χ0n) is 34.9. The molecule has 14 heteroatoms. The van der Waals surface area contributed by atoms with Crippen molar-refractivity contribution in [1.82, 2.24) is 19.5 Å². The van der Waals surface area contributed by atoms with Crippen molar-refractivity contribution in [2.24, 2.45) is 0 Å². The van der Waals surface area contributed by atoms with Crippen LogP contribution in [0.4, 0.5) is 5.82 Å². The molecule has 0 aliphatic heterocycles. The van der Waals surface area contributed by atoms with E-state index in [4.69, 9.17) is 30.7 Å². The summed E-state index contributed by atoms with van der Waals surface area (Å²) in [4.78, 5) is 12.7. The predicted molar refractivity (Wildman–Crippen MR) is 246 cm³/mol. The van der Waals surface area contributed by atoms with Crippen LogP contribution in [-0.2, 0) is 45.5 Å². The number of nitrogens with zero attached hydrogens (tertiary/aromatic N) is 4. The van der Waals surface area contributed by atoms with E-state index in [-0.39, 0.29) is 21.9 Å². The summed E-state index contributed by atoms with van der Waals surface area (Å²) in [5.74, 6) is 3.96. The molecule has 2 heterocycles. The molecular formula is C41H78N5O4PS4. The minimum atomic E-state index is -3.48. The zero-order chi connectivity index (χ0) is 39.7. The third-order valence-electron chi connectivity index (χ3n) is 9.84. The van der Waals surface area contributed by atoms with Crippen LogP contribution in [0.2, 0.25) is 0 Å². The molecule has 0 bridgehead atoms. The van der Waals surface area contributed by atoms with Crippen molar-refractivity contribution in [3.8, 4) is 0 Å². The first-order chi connectivity index (χ1) is 26.9. The van der Waals surface area contributed by atoms with Crippen molar-refractivity contribution in [2.45, 2.75) is 188 Å². The first-order valence-electron chi connectivity index (χ1n) is 21.9. The third kappa shape index (κ3) is 26.4. The minimum absolute atomic E-state index is 0.113. The number of nitrogens with two attached hydrogens (primary N) is 1. The molecule has 320 valence electrons. The van der Waals surface area contributed by atoms with Crippen LogP contribution in [-0.4, -0.2) is 68.2 Å². The normalized spacial score (nSPS) is 14.1. The Balaban J connectivity index is 1.65. The highest BCUT2D eigenvalue weighted by molar-refractivity contribution is 8.76. The average Bonchev–Trinajstić information content (AvgIpc) is 3.59. The van der Waals surface area contributed by atoms with Gasteiger partial charge in [0.15, 0.2) is 11.5 Å². The number of nitrogen functional groups attached to an aromatic ring is 1. The van der Waals surface area contributed by atoms with Crippen LogP contribution in [0, 0.1) is 0 Å². The summed E-state index contributed by atoms with van der Waals surface area (Å²) in [7, 11) is -0.00284. The Kier molecular flexibility index (Phi) is 32.0. The van der Waals surface area contributed by atoms with Gasteiger partial charge in [0.25, 0.3) is 0 Å². The highest BCUT2D eigenvalue weighted by atomic mass is 33.1. The number of anilines is 1. The SMILES string of the molecule is CCCCCCCCCCCCCCSSCCOP(=O)(CO[C@H](C)Cn1cnc2c(N)ncnc21)OCCS(=S)CCCCCCCCCCCCCC. The van der Waals surface area contributed by atoms with Crippen molar-refractivity contribution in [1.29, 1.82) is 0 Å². The van der Waals surface area contributed by atoms with E-state index < -0.39 is 7.60 Å². The van der Waals surface area contributed by atoms with Crippen LogP contribution in [0.1, 0.15) is 175 Å². The molecular weight excluding hydrogens is 786 g/mol. The summed E-state index contributed by atoms with van der Waals surface area (Å²) in [5, 5.41) is 0. The van der Waals surface area contributed by atoms with E-state index in [1.807, 2.05) is 22.3 Å². The first kappa shape index (κ1) is 50.9. The van der Waals surface area contributed by atoms with Crippen LogP contribution in [0.15, 0.2) is 12.7 Å². The van der Waals surface area contributed by atoms with Gasteiger partial charge >= 0.3 is 7.60 Å². The summed E-state index contributed by atoms with van der Waals surface area (Å²) in [5.41, 5.74) is 7.16. The van der Waals surface area contributed by atoms with Gasteiger partial charge in [0.2, 0.25) is 0 Å². The molecule has 3 atom stereocenters. The number of aromatic nitrogens is 4. The van der Waals surface area contributed by atoms with Gasteiger partial charge in [0.05, 0.1) is 32.2 Å². The van der Waals surface area contributed by atoms with Gasteiger partial charge in [-0.15, -0.1) is 9.45 Å². The monoisotopic (exact) mass is 863 g/mol.